The topological polar surface area (TPSA) is 18.5 Å². The zero-order valence-electron chi connectivity index (χ0n) is 13.2. The van der Waals surface area contributed by atoms with E-state index in [1.54, 1.807) is 0 Å². The van der Waals surface area contributed by atoms with Gasteiger partial charge in [0.15, 0.2) is 0 Å². The van der Waals surface area contributed by atoms with Crippen molar-refractivity contribution >= 4 is 5.69 Å². The third-order valence-electron chi connectivity index (χ3n) is 4.36. The lowest BCUT2D eigenvalue weighted by molar-refractivity contribution is 0.143. The molecular weight excluding hydrogens is 246 g/mol. The van der Waals surface area contributed by atoms with Crippen molar-refractivity contribution in [3.05, 3.63) is 30.3 Å². The van der Waals surface area contributed by atoms with E-state index in [1.807, 2.05) is 0 Å². The zero-order valence-corrected chi connectivity index (χ0v) is 13.2. The Kier molecular flexibility index (Phi) is 5.86. The molecule has 1 fully saturated rings. The summed E-state index contributed by atoms with van der Waals surface area (Å²) >= 11 is 0. The SMILES string of the molecule is CCC1CN(C)CCCN1C(C)CNc1ccccc1. The van der Waals surface area contributed by atoms with E-state index < -0.39 is 0 Å². The molecule has 1 aromatic carbocycles. The lowest BCUT2D eigenvalue weighted by Gasteiger charge is -2.35. The number of nitrogens with zero attached hydrogens (tertiary/aromatic N) is 2. The molecule has 1 aliphatic rings. The molecule has 1 aromatic rings. The Morgan fingerprint density at radius 2 is 2.00 bits per heavy atom. The number of para-hydroxylation sites is 1. The predicted octanol–water partition coefficient (Wildman–Crippen LogP) is 2.90. The molecule has 0 bridgehead atoms. The highest BCUT2D eigenvalue weighted by Gasteiger charge is 2.25. The Bertz CT molecular complexity index is 379. The van der Waals surface area contributed by atoms with Gasteiger partial charge in [-0.05, 0) is 45.5 Å². The van der Waals surface area contributed by atoms with Crippen LogP contribution >= 0.6 is 0 Å². The summed E-state index contributed by atoms with van der Waals surface area (Å²) in [6, 6.07) is 11.8. The van der Waals surface area contributed by atoms with E-state index in [4.69, 9.17) is 0 Å². The van der Waals surface area contributed by atoms with E-state index in [0.29, 0.717) is 12.1 Å². The summed E-state index contributed by atoms with van der Waals surface area (Å²) in [6.45, 7) is 9.33. The molecule has 3 nitrogen and oxygen atoms in total. The third-order valence-corrected chi connectivity index (χ3v) is 4.36. The first-order valence-corrected chi connectivity index (χ1v) is 7.94. The van der Waals surface area contributed by atoms with E-state index >= 15 is 0 Å². The molecule has 0 saturated carbocycles. The van der Waals surface area contributed by atoms with Crippen molar-refractivity contribution in [2.24, 2.45) is 0 Å². The quantitative estimate of drug-likeness (QED) is 0.891. The van der Waals surface area contributed by atoms with E-state index in [0.717, 1.165) is 6.54 Å². The highest BCUT2D eigenvalue weighted by molar-refractivity contribution is 5.42. The van der Waals surface area contributed by atoms with Gasteiger partial charge < -0.3 is 10.2 Å². The van der Waals surface area contributed by atoms with Crippen LogP contribution in [0.4, 0.5) is 5.69 Å². The maximum absolute atomic E-state index is 3.56. The largest absolute Gasteiger partial charge is 0.383 e. The van der Waals surface area contributed by atoms with Crippen LogP contribution in [0.25, 0.3) is 0 Å². The van der Waals surface area contributed by atoms with Gasteiger partial charge in [0.05, 0.1) is 0 Å². The van der Waals surface area contributed by atoms with Crippen LogP contribution in [0.2, 0.25) is 0 Å². The number of likely N-dealkylation sites (N-methyl/N-ethyl adjacent to an activating group) is 1. The summed E-state index contributed by atoms with van der Waals surface area (Å²) < 4.78 is 0. The summed E-state index contributed by atoms with van der Waals surface area (Å²) in [5.74, 6) is 0. The highest BCUT2D eigenvalue weighted by Crippen LogP contribution is 2.16. The molecular formula is C17H29N3. The molecule has 2 atom stereocenters. The van der Waals surface area contributed by atoms with E-state index in [2.05, 4.69) is 66.3 Å². The van der Waals surface area contributed by atoms with Crippen LogP contribution in [0.15, 0.2) is 30.3 Å². The summed E-state index contributed by atoms with van der Waals surface area (Å²) in [5.41, 5.74) is 1.22. The minimum Gasteiger partial charge on any atom is -0.383 e. The van der Waals surface area contributed by atoms with Crippen LogP contribution in [-0.4, -0.2) is 55.1 Å². The van der Waals surface area contributed by atoms with Crippen molar-refractivity contribution in [3.8, 4) is 0 Å². The second-order valence-corrected chi connectivity index (χ2v) is 6.01. The van der Waals surface area contributed by atoms with E-state index in [1.165, 1.54) is 38.2 Å². The van der Waals surface area contributed by atoms with Gasteiger partial charge in [-0.2, -0.15) is 0 Å². The average Bonchev–Trinajstić information content (AvgIpc) is 2.67. The van der Waals surface area contributed by atoms with Gasteiger partial charge in [0.2, 0.25) is 0 Å². The molecule has 0 aliphatic carbocycles. The lowest BCUT2D eigenvalue weighted by Crippen LogP contribution is -2.47. The number of anilines is 1. The third kappa shape index (κ3) is 4.22. The standard InChI is InChI=1S/C17H29N3/c1-4-17-14-19(3)11-8-12-20(17)15(2)13-18-16-9-6-5-7-10-16/h5-7,9-10,15,17-18H,4,8,11-14H2,1-3H3. The Balaban J connectivity index is 1.90. The molecule has 112 valence electrons. The molecule has 20 heavy (non-hydrogen) atoms. The van der Waals surface area contributed by atoms with Gasteiger partial charge in [0.25, 0.3) is 0 Å². The molecule has 3 heteroatoms. The fraction of sp³-hybridized carbons (Fsp3) is 0.647. The molecule has 2 unspecified atom stereocenters. The van der Waals surface area contributed by atoms with Gasteiger partial charge in [0.1, 0.15) is 0 Å². The van der Waals surface area contributed by atoms with Crippen LogP contribution in [0, 0.1) is 0 Å². The van der Waals surface area contributed by atoms with Crippen LogP contribution < -0.4 is 5.32 Å². The van der Waals surface area contributed by atoms with Crippen molar-refractivity contribution in [1.29, 1.82) is 0 Å². The van der Waals surface area contributed by atoms with E-state index in [-0.39, 0.29) is 0 Å². The average molecular weight is 275 g/mol. The summed E-state index contributed by atoms with van der Waals surface area (Å²) in [5, 5.41) is 3.56. The van der Waals surface area contributed by atoms with Crippen LogP contribution in [0.5, 0.6) is 0 Å². The summed E-state index contributed by atoms with van der Waals surface area (Å²) in [4.78, 5) is 5.17. The maximum Gasteiger partial charge on any atom is 0.0340 e. The Morgan fingerprint density at radius 1 is 1.25 bits per heavy atom. The molecule has 0 amide bonds. The minimum atomic E-state index is 0.576. The fourth-order valence-corrected chi connectivity index (χ4v) is 3.14. The normalized spacial score (nSPS) is 23.2. The molecule has 1 aliphatic heterocycles. The van der Waals surface area contributed by atoms with Gasteiger partial charge in [-0.3, -0.25) is 4.90 Å². The van der Waals surface area contributed by atoms with Crippen LogP contribution in [0.3, 0.4) is 0 Å². The van der Waals surface area contributed by atoms with Crippen molar-refractivity contribution in [3.63, 3.8) is 0 Å². The molecule has 2 rings (SSSR count). The second-order valence-electron chi connectivity index (χ2n) is 6.01. The van der Waals surface area contributed by atoms with E-state index in [9.17, 15) is 0 Å². The number of hydrogen-bond acceptors (Lipinski definition) is 3. The lowest BCUT2D eigenvalue weighted by atomic mass is 10.1. The predicted molar refractivity (Wildman–Crippen MR) is 87.3 cm³/mol. The van der Waals surface area contributed by atoms with Gasteiger partial charge in [-0.25, -0.2) is 0 Å². The molecule has 1 saturated heterocycles. The molecule has 1 N–H and O–H groups in total. The highest BCUT2D eigenvalue weighted by atomic mass is 15.3. The zero-order chi connectivity index (χ0) is 14.4. The number of hydrogen-bond donors (Lipinski definition) is 1. The molecule has 0 radical (unpaired) electrons. The first-order valence-electron chi connectivity index (χ1n) is 7.94. The second kappa shape index (κ2) is 7.65. The number of benzene rings is 1. The van der Waals surface area contributed by atoms with Crippen LogP contribution in [-0.2, 0) is 0 Å². The first kappa shape index (κ1) is 15.3. The van der Waals surface area contributed by atoms with Gasteiger partial charge in [-0.15, -0.1) is 0 Å². The van der Waals surface area contributed by atoms with Gasteiger partial charge >= 0.3 is 0 Å². The van der Waals surface area contributed by atoms with Crippen molar-refractivity contribution in [2.45, 2.75) is 38.8 Å². The van der Waals surface area contributed by atoms with Crippen molar-refractivity contribution < 1.29 is 0 Å². The minimum absolute atomic E-state index is 0.576. The Labute approximate surface area is 124 Å². The molecule has 0 aromatic heterocycles. The first-order chi connectivity index (χ1) is 9.70. The number of rotatable bonds is 5. The van der Waals surface area contributed by atoms with Crippen molar-refractivity contribution in [1.82, 2.24) is 9.80 Å². The van der Waals surface area contributed by atoms with Gasteiger partial charge in [-0.1, -0.05) is 25.1 Å². The number of nitrogens with one attached hydrogen (secondary N) is 1. The Morgan fingerprint density at radius 3 is 2.70 bits per heavy atom. The van der Waals surface area contributed by atoms with Gasteiger partial charge in [0, 0.05) is 37.4 Å². The fourth-order valence-electron chi connectivity index (χ4n) is 3.14. The maximum atomic E-state index is 3.56. The Hall–Kier alpha value is -1.06. The molecule has 1 heterocycles. The summed E-state index contributed by atoms with van der Waals surface area (Å²) in [7, 11) is 2.25. The van der Waals surface area contributed by atoms with Crippen LogP contribution in [0.1, 0.15) is 26.7 Å². The monoisotopic (exact) mass is 275 g/mol. The van der Waals surface area contributed by atoms with Crippen molar-refractivity contribution in [2.75, 3.05) is 38.5 Å². The smallest absolute Gasteiger partial charge is 0.0340 e. The molecule has 0 spiro atoms. The summed E-state index contributed by atoms with van der Waals surface area (Å²) in [6.07, 6.45) is 2.52.